The van der Waals surface area contributed by atoms with Gasteiger partial charge in [0.1, 0.15) is 6.61 Å². The van der Waals surface area contributed by atoms with Crippen LogP contribution in [0.2, 0.25) is 0 Å². The summed E-state index contributed by atoms with van der Waals surface area (Å²) in [6.07, 6.45) is 0. The minimum absolute atomic E-state index is 0.00231. The number of amides is 1. The van der Waals surface area contributed by atoms with E-state index < -0.39 is 7.25 Å². The number of rotatable bonds is 1. The van der Waals surface area contributed by atoms with Gasteiger partial charge in [-0.2, -0.15) is 0 Å². The lowest BCUT2D eigenvalue weighted by Crippen LogP contribution is -2.65. The molecule has 0 aliphatic carbocycles. The van der Waals surface area contributed by atoms with Crippen LogP contribution in [0.25, 0.3) is 0 Å². The van der Waals surface area contributed by atoms with Crippen LogP contribution < -0.4 is 5.73 Å². The topological polar surface area (TPSA) is 57.2 Å². The summed E-state index contributed by atoms with van der Waals surface area (Å²) in [7, 11) is -6.00. The van der Waals surface area contributed by atoms with Crippen molar-refractivity contribution in [2.24, 2.45) is 0 Å². The molecule has 3 N–H and O–H groups in total. The Hall–Kier alpha value is -0.825. The van der Waals surface area contributed by atoms with Crippen molar-refractivity contribution in [2.75, 3.05) is 13.2 Å². The number of hydrogen-bond donors (Lipinski definition) is 1. The Morgan fingerprint density at radius 2 is 2.00 bits per heavy atom. The molecule has 0 aromatic heterocycles. The SMILES string of the molecule is CCN1OCC([NH3+])C1=O.F[B-](F)(F)F. The fourth-order valence-corrected chi connectivity index (χ4v) is 0.766. The molecule has 1 saturated heterocycles. The summed E-state index contributed by atoms with van der Waals surface area (Å²) in [5, 5.41) is 1.34. The van der Waals surface area contributed by atoms with E-state index in [-0.39, 0.29) is 11.9 Å². The van der Waals surface area contributed by atoms with Gasteiger partial charge in [-0.3, -0.25) is 9.63 Å². The van der Waals surface area contributed by atoms with Crippen molar-refractivity contribution in [1.82, 2.24) is 5.06 Å². The lowest BCUT2D eigenvalue weighted by Gasteiger charge is -2.07. The molecule has 4 nitrogen and oxygen atoms in total. The highest BCUT2D eigenvalue weighted by Crippen LogP contribution is 2.06. The van der Waals surface area contributed by atoms with E-state index in [9.17, 15) is 22.1 Å². The molecule has 1 amide bonds. The van der Waals surface area contributed by atoms with E-state index in [4.69, 9.17) is 4.84 Å². The average molecular weight is 218 g/mol. The van der Waals surface area contributed by atoms with Crippen molar-refractivity contribution < 1.29 is 32.6 Å². The highest BCUT2D eigenvalue weighted by Gasteiger charge is 2.31. The maximum absolute atomic E-state index is 10.9. The van der Waals surface area contributed by atoms with Crippen LogP contribution in [0, 0.1) is 0 Å². The third-order valence-corrected chi connectivity index (χ3v) is 1.31. The van der Waals surface area contributed by atoms with Gasteiger partial charge in [-0.15, -0.1) is 0 Å². The van der Waals surface area contributed by atoms with Crippen molar-refractivity contribution in [3.8, 4) is 0 Å². The first-order valence-electron chi connectivity index (χ1n) is 3.90. The number of carbonyl (C=O) groups is 1. The first-order chi connectivity index (χ1) is 6.25. The van der Waals surface area contributed by atoms with Crippen LogP contribution in [0.15, 0.2) is 0 Å². The largest absolute Gasteiger partial charge is 0.673 e. The predicted molar refractivity (Wildman–Crippen MR) is 40.2 cm³/mol. The van der Waals surface area contributed by atoms with Gasteiger partial charge in [-0.05, 0) is 6.92 Å². The van der Waals surface area contributed by atoms with Crippen LogP contribution in [-0.2, 0) is 9.63 Å². The van der Waals surface area contributed by atoms with Gasteiger partial charge in [0.15, 0.2) is 6.04 Å². The zero-order chi connectivity index (χ0) is 11.4. The third-order valence-electron chi connectivity index (χ3n) is 1.31. The lowest BCUT2D eigenvalue weighted by atomic mass is 10.3. The predicted octanol–water partition coefficient (Wildman–Crippen LogP) is -0.309. The summed E-state index contributed by atoms with van der Waals surface area (Å²) in [6.45, 7) is 2.92. The van der Waals surface area contributed by atoms with Crippen molar-refractivity contribution in [3.05, 3.63) is 0 Å². The number of likely N-dealkylation sites (N-methyl/N-ethyl adjacent to an activating group) is 1. The van der Waals surface area contributed by atoms with Crippen molar-refractivity contribution in [3.63, 3.8) is 0 Å². The molecule has 84 valence electrons. The van der Waals surface area contributed by atoms with Gasteiger partial charge in [0.2, 0.25) is 0 Å². The molecule has 9 heteroatoms. The zero-order valence-corrected chi connectivity index (χ0v) is 7.55. The minimum atomic E-state index is -6.00. The minimum Gasteiger partial charge on any atom is -0.418 e. The van der Waals surface area contributed by atoms with E-state index in [0.717, 1.165) is 0 Å². The van der Waals surface area contributed by atoms with E-state index in [0.29, 0.717) is 13.2 Å². The van der Waals surface area contributed by atoms with Gasteiger partial charge in [0.25, 0.3) is 0 Å². The first kappa shape index (κ1) is 13.2. The summed E-state index contributed by atoms with van der Waals surface area (Å²) < 4.78 is 39.0. The first-order valence-corrected chi connectivity index (χ1v) is 3.90. The average Bonchev–Trinajstić information content (AvgIpc) is 2.30. The number of hydroxylamine groups is 2. The number of halogens is 4. The quantitative estimate of drug-likeness (QED) is 0.484. The van der Waals surface area contributed by atoms with Crippen LogP contribution in [-0.4, -0.2) is 37.4 Å². The van der Waals surface area contributed by atoms with Gasteiger partial charge in [0.05, 0.1) is 0 Å². The smallest absolute Gasteiger partial charge is 0.418 e. The Morgan fingerprint density at radius 1 is 1.57 bits per heavy atom. The molecule has 0 aromatic carbocycles. The van der Waals surface area contributed by atoms with Crippen LogP contribution in [0.4, 0.5) is 17.3 Å². The summed E-state index contributed by atoms with van der Waals surface area (Å²) in [4.78, 5) is 15.8. The fourth-order valence-electron chi connectivity index (χ4n) is 0.766. The number of carbonyl (C=O) groups excluding carboxylic acids is 1. The van der Waals surface area contributed by atoms with Crippen molar-refractivity contribution in [1.29, 1.82) is 0 Å². The zero-order valence-electron chi connectivity index (χ0n) is 7.55. The maximum atomic E-state index is 10.9. The van der Waals surface area contributed by atoms with Gasteiger partial charge in [0, 0.05) is 6.54 Å². The van der Waals surface area contributed by atoms with Gasteiger partial charge < -0.3 is 23.0 Å². The van der Waals surface area contributed by atoms with Crippen molar-refractivity contribution >= 4 is 13.2 Å². The summed E-state index contributed by atoms with van der Waals surface area (Å²) in [5.41, 5.74) is 3.60. The molecule has 1 unspecified atom stereocenters. The normalized spacial score (nSPS) is 22.0. The number of nitrogens with zero attached hydrogens (tertiary/aromatic N) is 1. The summed E-state index contributed by atoms with van der Waals surface area (Å²) in [5.74, 6) is -0.00231. The monoisotopic (exact) mass is 218 g/mol. The molecule has 1 aliphatic rings. The van der Waals surface area contributed by atoms with Crippen molar-refractivity contribution in [2.45, 2.75) is 13.0 Å². The van der Waals surface area contributed by atoms with E-state index in [2.05, 4.69) is 5.73 Å². The second kappa shape index (κ2) is 5.15. The molecule has 1 rings (SSSR count). The molecule has 1 fully saturated rings. The number of quaternary nitrogens is 1. The molecule has 0 spiro atoms. The summed E-state index contributed by atoms with van der Waals surface area (Å²) in [6, 6.07) is -0.190. The Bertz CT molecular complexity index is 195. The van der Waals surface area contributed by atoms with Crippen LogP contribution in [0.5, 0.6) is 0 Å². The van der Waals surface area contributed by atoms with Gasteiger partial charge in [-0.1, -0.05) is 0 Å². The Kier molecular flexibility index (Phi) is 4.85. The van der Waals surface area contributed by atoms with Crippen LogP contribution >= 0.6 is 0 Å². The van der Waals surface area contributed by atoms with Gasteiger partial charge in [-0.25, -0.2) is 5.06 Å². The molecule has 0 saturated carbocycles. The molecular weight excluding hydrogens is 207 g/mol. The molecule has 1 heterocycles. The molecule has 0 aromatic rings. The highest BCUT2D eigenvalue weighted by molar-refractivity contribution is 6.50. The van der Waals surface area contributed by atoms with Crippen LogP contribution in [0.1, 0.15) is 6.92 Å². The Morgan fingerprint density at radius 3 is 2.14 bits per heavy atom. The Labute approximate surface area is 78.0 Å². The van der Waals surface area contributed by atoms with E-state index >= 15 is 0 Å². The molecule has 0 bridgehead atoms. The molecule has 1 atom stereocenters. The Balaban J connectivity index is 0.000000292. The standard InChI is InChI=1S/C5H10N2O2.BF4/c1-2-7-5(8)4(6)3-9-7;2-1(3,4)5/h4H,2-3,6H2,1H3;/q;-1/p+1. The molecular formula is C5H11BF4N2O2. The lowest BCUT2D eigenvalue weighted by molar-refractivity contribution is -0.402. The summed E-state index contributed by atoms with van der Waals surface area (Å²) >= 11 is 0. The van der Waals surface area contributed by atoms with E-state index in [1.54, 1.807) is 0 Å². The van der Waals surface area contributed by atoms with Gasteiger partial charge >= 0.3 is 13.2 Å². The maximum Gasteiger partial charge on any atom is 0.673 e. The third kappa shape index (κ3) is 5.76. The number of hydrogen-bond acceptors (Lipinski definition) is 2. The van der Waals surface area contributed by atoms with Crippen LogP contribution in [0.3, 0.4) is 0 Å². The molecule has 0 radical (unpaired) electrons. The second-order valence-electron chi connectivity index (χ2n) is 2.52. The molecule has 14 heavy (non-hydrogen) atoms. The fraction of sp³-hybridized carbons (Fsp3) is 0.800. The second-order valence-corrected chi connectivity index (χ2v) is 2.52. The van der Waals surface area contributed by atoms with E-state index in [1.807, 2.05) is 6.92 Å². The van der Waals surface area contributed by atoms with E-state index in [1.165, 1.54) is 5.06 Å². The molecule has 1 aliphatic heterocycles. The highest BCUT2D eigenvalue weighted by atomic mass is 19.5.